The molecule has 1 N–H and O–H groups in total. The second-order valence-corrected chi connectivity index (χ2v) is 10.8. The monoisotopic (exact) mass is 424 g/mol. The van der Waals surface area contributed by atoms with Crippen molar-refractivity contribution in [3.05, 3.63) is 28.7 Å². The molecule has 0 atom stereocenters. The third kappa shape index (κ3) is 3.29. The maximum Gasteiger partial charge on any atom is 0.335 e. The number of thiophene rings is 1. The molecule has 152 valence electrons. The number of hydrogen-bond donors (Lipinski definition) is 1. The lowest BCUT2D eigenvalue weighted by molar-refractivity contribution is -0.150. The molecule has 0 aromatic carbocycles. The molecular formula is C19H24N2O5S2. The van der Waals surface area contributed by atoms with Crippen LogP contribution in [0, 0.1) is 0 Å². The molecule has 0 radical (unpaired) electrons. The second-order valence-electron chi connectivity index (χ2n) is 7.67. The highest BCUT2D eigenvalue weighted by molar-refractivity contribution is 7.91. The van der Waals surface area contributed by atoms with Crippen LogP contribution in [-0.2, 0) is 24.3 Å². The Labute approximate surface area is 168 Å². The van der Waals surface area contributed by atoms with Crippen LogP contribution in [0.15, 0.2) is 32.9 Å². The summed E-state index contributed by atoms with van der Waals surface area (Å²) >= 11 is 1.18. The summed E-state index contributed by atoms with van der Waals surface area (Å²) < 4.78 is 32.9. The van der Waals surface area contributed by atoms with Gasteiger partial charge in [0.05, 0.1) is 5.57 Å². The Morgan fingerprint density at radius 3 is 2.57 bits per heavy atom. The first-order valence-corrected chi connectivity index (χ1v) is 11.9. The molecule has 1 amide bonds. The molecule has 0 bridgehead atoms. The normalized spacial score (nSPS) is 23.4. The molecule has 1 aliphatic carbocycles. The average Bonchev–Trinajstić information content (AvgIpc) is 3.39. The van der Waals surface area contributed by atoms with Gasteiger partial charge in [-0.25, -0.2) is 13.2 Å². The van der Waals surface area contributed by atoms with Crippen LogP contribution in [-0.4, -0.2) is 49.3 Å². The van der Waals surface area contributed by atoms with Gasteiger partial charge in [-0.15, -0.1) is 11.3 Å². The smallest absolute Gasteiger partial charge is 0.335 e. The van der Waals surface area contributed by atoms with Crippen LogP contribution in [0.3, 0.4) is 0 Å². The Hall–Kier alpha value is -1.71. The van der Waals surface area contributed by atoms with Crippen molar-refractivity contribution in [2.45, 2.75) is 61.3 Å². The van der Waals surface area contributed by atoms with E-state index in [9.17, 15) is 18.0 Å². The molecule has 3 heterocycles. The fourth-order valence-electron chi connectivity index (χ4n) is 4.43. The number of piperidine rings is 1. The largest absolute Gasteiger partial charge is 0.450 e. The van der Waals surface area contributed by atoms with Crippen molar-refractivity contribution in [1.29, 1.82) is 0 Å². The summed E-state index contributed by atoms with van der Waals surface area (Å²) in [7, 11) is -3.55. The van der Waals surface area contributed by atoms with Gasteiger partial charge in [0.15, 0.2) is 0 Å². The third-order valence-electron chi connectivity index (χ3n) is 5.96. The lowest BCUT2D eigenvalue weighted by Gasteiger charge is -2.38. The molecule has 9 heteroatoms. The number of hydrogen-bond acceptors (Lipinski definition) is 6. The van der Waals surface area contributed by atoms with Gasteiger partial charge in [-0.05, 0) is 31.2 Å². The summed E-state index contributed by atoms with van der Waals surface area (Å²) in [6.07, 6.45) is 4.67. The summed E-state index contributed by atoms with van der Waals surface area (Å²) in [6.45, 7) is 2.04. The van der Waals surface area contributed by atoms with Crippen molar-refractivity contribution in [2.75, 3.05) is 13.1 Å². The number of sulfonamides is 1. The van der Waals surface area contributed by atoms with Crippen molar-refractivity contribution >= 4 is 33.2 Å². The van der Waals surface area contributed by atoms with E-state index < -0.39 is 21.6 Å². The van der Waals surface area contributed by atoms with Crippen molar-refractivity contribution < 1.29 is 22.7 Å². The minimum Gasteiger partial charge on any atom is -0.450 e. The molecule has 0 unspecified atom stereocenters. The molecule has 4 rings (SSSR count). The van der Waals surface area contributed by atoms with Crippen molar-refractivity contribution in [1.82, 2.24) is 9.62 Å². The summed E-state index contributed by atoms with van der Waals surface area (Å²) in [5.74, 6) is -0.726. The Balaban J connectivity index is 1.53. The van der Waals surface area contributed by atoms with Crippen LogP contribution in [0.1, 0.15) is 45.4 Å². The zero-order valence-electron chi connectivity index (χ0n) is 15.8. The summed E-state index contributed by atoms with van der Waals surface area (Å²) in [5, 5.41) is 4.78. The number of esters is 1. The number of rotatable bonds is 4. The lowest BCUT2D eigenvalue weighted by atomic mass is 9.83. The van der Waals surface area contributed by atoms with E-state index in [4.69, 9.17) is 4.74 Å². The first-order valence-electron chi connectivity index (χ1n) is 9.63. The first-order chi connectivity index (χ1) is 13.3. The standard InChI is InChI=1S/C19H24N2O5S2/c1-13-16(17(22)20-14-5-2-3-6-14)19(26-18(13)23)8-10-21(11-9-19)28(24,25)15-7-4-12-27-15/h4,7,12,14H,2-3,5-6,8-11H2,1H3,(H,20,22). The van der Waals surface area contributed by atoms with Crippen LogP contribution in [0.25, 0.3) is 0 Å². The molecule has 1 saturated heterocycles. The molecule has 7 nitrogen and oxygen atoms in total. The fraction of sp³-hybridized carbons (Fsp3) is 0.579. The van der Waals surface area contributed by atoms with E-state index in [1.54, 1.807) is 24.4 Å². The Morgan fingerprint density at radius 2 is 1.96 bits per heavy atom. The van der Waals surface area contributed by atoms with Crippen LogP contribution >= 0.6 is 11.3 Å². The number of carbonyl (C=O) groups excluding carboxylic acids is 2. The van der Waals surface area contributed by atoms with Gasteiger partial charge in [0.2, 0.25) is 0 Å². The van der Waals surface area contributed by atoms with Gasteiger partial charge in [0, 0.05) is 37.5 Å². The van der Waals surface area contributed by atoms with Crippen LogP contribution in [0.4, 0.5) is 0 Å². The topological polar surface area (TPSA) is 92.8 Å². The highest BCUT2D eigenvalue weighted by Gasteiger charge is 2.52. The lowest BCUT2D eigenvalue weighted by Crippen LogP contribution is -2.50. The van der Waals surface area contributed by atoms with Crippen molar-refractivity contribution in [3.8, 4) is 0 Å². The van der Waals surface area contributed by atoms with E-state index in [1.807, 2.05) is 0 Å². The first kappa shape index (κ1) is 19.6. The van der Waals surface area contributed by atoms with Gasteiger partial charge in [-0.2, -0.15) is 4.31 Å². The number of ether oxygens (including phenoxy) is 1. The number of amides is 1. The molecule has 2 fully saturated rings. The zero-order chi connectivity index (χ0) is 19.9. The second kappa shape index (κ2) is 7.27. The fourth-order valence-corrected chi connectivity index (χ4v) is 7.02. The van der Waals surface area contributed by atoms with Crippen LogP contribution < -0.4 is 5.32 Å². The minimum absolute atomic E-state index is 0.139. The molecule has 1 spiro atoms. The summed E-state index contributed by atoms with van der Waals surface area (Å²) in [6, 6.07) is 3.43. The zero-order valence-corrected chi connectivity index (χ0v) is 17.4. The van der Waals surface area contributed by atoms with E-state index in [-0.39, 0.29) is 37.9 Å². The molecular weight excluding hydrogens is 400 g/mol. The van der Waals surface area contributed by atoms with E-state index in [0.717, 1.165) is 25.7 Å². The maximum atomic E-state index is 13.0. The predicted molar refractivity (Wildman–Crippen MR) is 104 cm³/mol. The molecule has 1 aromatic rings. The van der Waals surface area contributed by atoms with E-state index in [0.29, 0.717) is 15.4 Å². The summed E-state index contributed by atoms with van der Waals surface area (Å²) in [4.78, 5) is 25.2. The molecule has 28 heavy (non-hydrogen) atoms. The molecule has 3 aliphatic rings. The molecule has 2 aliphatic heterocycles. The Morgan fingerprint density at radius 1 is 1.29 bits per heavy atom. The van der Waals surface area contributed by atoms with Crippen LogP contribution in [0.5, 0.6) is 0 Å². The van der Waals surface area contributed by atoms with Crippen molar-refractivity contribution in [3.63, 3.8) is 0 Å². The number of nitrogens with zero attached hydrogens (tertiary/aromatic N) is 1. The van der Waals surface area contributed by atoms with Gasteiger partial charge in [0.1, 0.15) is 9.81 Å². The van der Waals surface area contributed by atoms with Gasteiger partial charge in [0.25, 0.3) is 15.9 Å². The van der Waals surface area contributed by atoms with Crippen LogP contribution in [0.2, 0.25) is 0 Å². The van der Waals surface area contributed by atoms with Gasteiger partial charge < -0.3 is 10.1 Å². The van der Waals surface area contributed by atoms with Crippen molar-refractivity contribution in [2.24, 2.45) is 0 Å². The molecule has 1 aromatic heterocycles. The Bertz CT molecular complexity index is 906. The molecule has 1 saturated carbocycles. The van der Waals surface area contributed by atoms with Gasteiger partial charge >= 0.3 is 5.97 Å². The highest BCUT2D eigenvalue weighted by atomic mass is 32.2. The van der Waals surface area contributed by atoms with E-state index in [1.165, 1.54) is 15.6 Å². The van der Waals surface area contributed by atoms with Gasteiger partial charge in [-0.1, -0.05) is 18.9 Å². The predicted octanol–water partition coefficient (Wildman–Crippen LogP) is 2.20. The summed E-state index contributed by atoms with van der Waals surface area (Å²) in [5.41, 5.74) is -0.298. The van der Waals surface area contributed by atoms with E-state index >= 15 is 0 Å². The number of nitrogens with one attached hydrogen (secondary N) is 1. The quantitative estimate of drug-likeness (QED) is 0.748. The number of carbonyl (C=O) groups is 2. The third-order valence-corrected chi connectivity index (χ3v) is 9.23. The highest BCUT2D eigenvalue weighted by Crippen LogP contribution is 2.42. The average molecular weight is 425 g/mol. The van der Waals surface area contributed by atoms with E-state index in [2.05, 4.69) is 5.32 Å². The Kier molecular flexibility index (Phi) is 5.09. The maximum absolute atomic E-state index is 13.0. The SMILES string of the molecule is CC1=C(C(=O)NC2CCCC2)C2(CCN(S(=O)(=O)c3cccs3)CC2)OC1=O. The minimum atomic E-state index is -3.55. The van der Waals surface area contributed by atoms with Gasteiger partial charge in [-0.3, -0.25) is 4.79 Å².